The maximum atomic E-state index is 14.1. The molecule has 0 spiro atoms. The van der Waals surface area contributed by atoms with E-state index in [0.717, 1.165) is 43.1 Å². The average molecular weight is 576 g/mol. The van der Waals surface area contributed by atoms with Gasteiger partial charge in [-0.05, 0) is 90.2 Å². The summed E-state index contributed by atoms with van der Waals surface area (Å²) in [6.45, 7) is 3.50. The maximum Gasteiger partial charge on any atom is 0.253 e. The van der Waals surface area contributed by atoms with Crippen molar-refractivity contribution in [1.29, 1.82) is 0 Å². The Morgan fingerprint density at radius 1 is 1.19 bits per heavy atom. The molecule has 36 heavy (non-hydrogen) atoms. The third-order valence-corrected chi connectivity index (χ3v) is 6.84. The van der Waals surface area contributed by atoms with Gasteiger partial charge in [-0.15, -0.1) is 0 Å². The number of carbonyl (C=O) groups excluding carboxylic acids is 1. The van der Waals surface area contributed by atoms with Crippen LogP contribution in [0.5, 0.6) is 0 Å². The van der Waals surface area contributed by atoms with Crippen LogP contribution in [0.2, 0.25) is 0 Å². The number of nitrogens with two attached hydrogens (primary N) is 1. The standard InChI is InChI=1S/C24H27BrFN7O2S/c25-18-14-29-24(33-23(18)32-20-3-1-2-19(26)21(20)22(27)34)31-15-4-6-17(7-5-15)36-30-12-13-35-16-8-10-28-11-9-16/h1-7,14,16,28,30H,8-13H2,(H2,27,34)(H2,29,31,32,33). The molecule has 4 rings (SSSR count). The molecule has 3 aromatic rings. The van der Waals surface area contributed by atoms with Crippen molar-refractivity contribution in [3.05, 3.63) is 64.5 Å². The van der Waals surface area contributed by atoms with Gasteiger partial charge in [0.1, 0.15) is 11.6 Å². The third kappa shape index (κ3) is 7.37. The molecule has 1 amide bonds. The van der Waals surface area contributed by atoms with Gasteiger partial charge in [0.2, 0.25) is 5.95 Å². The molecule has 0 saturated carbocycles. The van der Waals surface area contributed by atoms with Gasteiger partial charge in [-0.3, -0.25) is 9.52 Å². The van der Waals surface area contributed by atoms with E-state index in [0.29, 0.717) is 28.9 Å². The largest absolute Gasteiger partial charge is 0.377 e. The second kappa shape index (κ2) is 13.0. The Bertz CT molecular complexity index is 1180. The van der Waals surface area contributed by atoms with Crippen molar-refractivity contribution < 1.29 is 13.9 Å². The molecule has 1 saturated heterocycles. The predicted octanol–water partition coefficient (Wildman–Crippen LogP) is 4.33. The summed E-state index contributed by atoms with van der Waals surface area (Å²) in [4.78, 5) is 21.5. The molecular weight excluding hydrogens is 549 g/mol. The Labute approximate surface area is 221 Å². The second-order valence-electron chi connectivity index (χ2n) is 8.01. The first-order valence-electron chi connectivity index (χ1n) is 11.5. The number of halogens is 2. The van der Waals surface area contributed by atoms with E-state index in [-0.39, 0.29) is 11.3 Å². The lowest BCUT2D eigenvalue weighted by Crippen LogP contribution is -2.33. The van der Waals surface area contributed by atoms with Gasteiger partial charge in [-0.1, -0.05) is 6.07 Å². The number of nitrogens with zero attached hydrogens (tertiary/aromatic N) is 2. The molecule has 0 bridgehead atoms. The van der Waals surface area contributed by atoms with Gasteiger partial charge in [-0.2, -0.15) is 4.98 Å². The fraction of sp³-hybridized carbons (Fsp3) is 0.292. The molecule has 1 aromatic heterocycles. The van der Waals surface area contributed by atoms with Crippen molar-refractivity contribution in [2.24, 2.45) is 5.73 Å². The molecule has 0 unspecified atom stereocenters. The molecule has 6 N–H and O–H groups in total. The number of hydrogen-bond donors (Lipinski definition) is 5. The number of rotatable bonds is 11. The lowest BCUT2D eigenvalue weighted by Gasteiger charge is -2.22. The molecule has 0 aliphatic carbocycles. The normalized spacial score (nSPS) is 13.9. The summed E-state index contributed by atoms with van der Waals surface area (Å²) in [6, 6.07) is 12.0. The lowest BCUT2D eigenvalue weighted by molar-refractivity contribution is 0.0369. The summed E-state index contributed by atoms with van der Waals surface area (Å²) in [6.07, 6.45) is 4.06. The number of ether oxygens (including phenoxy) is 1. The first kappa shape index (κ1) is 26.3. The monoisotopic (exact) mass is 575 g/mol. The Balaban J connectivity index is 1.31. The number of amides is 1. The van der Waals surface area contributed by atoms with Crippen molar-refractivity contribution >= 4 is 56.9 Å². The van der Waals surface area contributed by atoms with Crippen LogP contribution in [0.25, 0.3) is 0 Å². The summed E-state index contributed by atoms with van der Waals surface area (Å²) >= 11 is 4.92. The van der Waals surface area contributed by atoms with Crippen LogP contribution in [0.4, 0.5) is 27.5 Å². The Morgan fingerprint density at radius 2 is 1.97 bits per heavy atom. The smallest absolute Gasteiger partial charge is 0.253 e. The summed E-state index contributed by atoms with van der Waals surface area (Å²) in [5.74, 6) is -0.909. The summed E-state index contributed by atoms with van der Waals surface area (Å²) < 4.78 is 23.8. The number of carbonyl (C=O) groups is 1. The molecule has 1 aliphatic rings. The minimum Gasteiger partial charge on any atom is -0.377 e. The minimum absolute atomic E-state index is 0.211. The Hall–Kier alpha value is -2.77. The zero-order chi connectivity index (χ0) is 25.3. The van der Waals surface area contributed by atoms with E-state index in [1.807, 2.05) is 24.3 Å². The number of anilines is 4. The van der Waals surface area contributed by atoms with E-state index < -0.39 is 11.7 Å². The van der Waals surface area contributed by atoms with Crippen LogP contribution < -0.4 is 26.4 Å². The van der Waals surface area contributed by atoms with Crippen molar-refractivity contribution in [2.75, 3.05) is 36.9 Å². The van der Waals surface area contributed by atoms with E-state index >= 15 is 0 Å². The molecule has 12 heteroatoms. The number of aromatic nitrogens is 2. The highest BCUT2D eigenvalue weighted by molar-refractivity contribution is 9.10. The first-order valence-corrected chi connectivity index (χ1v) is 13.1. The SMILES string of the molecule is NC(=O)c1c(F)cccc1Nc1nc(Nc2ccc(SNCCOC3CCNCC3)cc2)ncc1Br. The highest BCUT2D eigenvalue weighted by atomic mass is 79.9. The fourth-order valence-electron chi connectivity index (χ4n) is 3.62. The fourth-order valence-corrected chi connectivity index (χ4v) is 4.53. The molecular formula is C24H27BrFN7O2S. The summed E-state index contributed by atoms with van der Waals surface area (Å²) in [5, 5.41) is 9.43. The highest BCUT2D eigenvalue weighted by Crippen LogP contribution is 2.28. The second-order valence-corrected chi connectivity index (χ2v) is 9.83. The number of piperidine rings is 1. The molecule has 1 fully saturated rings. The number of primary amides is 1. The third-order valence-electron chi connectivity index (χ3n) is 5.40. The minimum atomic E-state index is -0.874. The lowest BCUT2D eigenvalue weighted by atomic mass is 10.1. The van der Waals surface area contributed by atoms with Gasteiger partial charge in [0.05, 0.1) is 28.4 Å². The van der Waals surface area contributed by atoms with Crippen LogP contribution in [-0.2, 0) is 4.74 Å². The average Bonchev–Trinajstić information content (AvgIpc) is 2.87. The van der Waals surface area contributed by atoms with Crippen LogP contribution in [0.15, 0.2) is 58.0 Å². The maximum absolute atomic E-state index is 14.1. The zero-order valence-electron chi connectivity index (χ0n) is 19.4. The quantitative estimate of drug-likeness (QED) is 0.168. The van der Waals surface area contributed by atoms with Gasteiger partial charge < -0.3 is 26.4 Å². The van der Waals surface area contributed by atoms with Crippen molar-refractivity contribution in [1.82, 2.24) is 20.0 Å². The summed E-state index contributed by atoms with van der Waals surface area (Å²) in [7, 11) is 0. The van der Waals surface area contributed by atoms with E-state index in [9.17, 15) is 9.18 Å². The molecule has 190 valence electrons. The summed E-state index contributed by atoms with van der Waals surface area (Å²) in [5.41, 5.74) is 6.11. The Kier molecular flexibility index (Phi) is 9.47. The van der Waals surface area contributed by atoms with Crippen LogP contribution in [0.3, 0.4) is 0 Å². The number of benzene rings is 2. The van der Waals surface area contributed by atoms with Gasteiger partial charge >= 0.3 is 0 Å². The van der Waals surface area contributed by atoms with Crippen LogP contribution in [0.1, 0.15) is 23.2 Å². The zero-order valence-corrected chi connectivity index (χ0v) is 21.8. The van der Waals surface area contributed by atoms with Crippen molar-refractivity contribution in [3.63, 3.8) is 0 Å². The van der Waals surface area contributed by atoms with Crippen LogP contribution in [0, 0.1) is 5.82 Å². The van der Waals surface area contributed by atoms with E-state index in [1.54, 1.807) is 24.2 Å². The molecule has 9 nitrogen and oxygen atoms in total. The number of hydrogen-bond acceptors (Lipinski definition) is 9. The van der Waals surface area contributed by atoms with E-state index in [4.69, 9.17) is 10.5 Å². The molecule has 0 radical (unpaired) electrons. The topological polar surface area (TPSA) is 126 Å². The van der Waals surface area contributed by atoms with E-state index in [1.165, 1.54) is 12.1 Å². The van der Waals surface area contributed by atoms with Gasteiger partial charge in [-0.25, -0.2) is 9.37 Å². The van der Waals surface area contributed by atoms with Crippen LogP contribution >= 0.6 is 27.9 Å². The van der Waals surface area contributed by atoms with Crippen LogP contribution in [-0.4, -0.2) is 48.2 Å². The van der Waals surface area contributed by atoms with Crippen molar-refractivity contribution in [3.8, 4) is 0 Å². The molecule has 1 aliphatic heterocycles. The number of nitrogens with one attached hydrogen (secondary N) is 4. The predicted molar refractivity (Wildman–Crippen MR) is 143 cm³/mol. The highest BCUT2D eigenvalue weighted by Gasteiger charge is 2.16. The van der Waals surface area contributed by atoms with Crippen molar-refractivity contribution in [2.45, 2.75) is 23.8 Å². The Morgan fingerprint density at radius 3 is 2.72 bits per heavy atom. The van der Waals surface area contributed by atoms with Gasteiger partial charge in [0.15, 0.2) is 0 Å². The molecule has 0 atom stereocenters. The first-order chi connectivity index (χ1) is 17.5. The molecule has 2 heterocycles. The van der Waals surface area contributed by atoms with Gasteiger partial charge in [0.25, 0.3) is 5.91 Å². The molecule has 2 aromatic carbocycles. The van der Waals surface area contributed by atoms with Gasteiger partial charge in [0, 0.05) is 23.3 Å². The van der Waals surface area contributed by atoms with E-state index in [2.05, 4.69) is 46.6 Å².